The molecule has 3 heteroatoms. The van der Waals surface area contributed by atoms with E-state index < -0.39 is 0 Å². The Morgan fingerprint density at radius 1 is 1.40 bits per heavy atom. The van der Waals surface area contributed by atoms with Crippen LogP contribution in [-0.2, 0) is 11.3 Å². The second-order valence-corrected chi connectivity index (χ2v) is 4.25. The molecule has 1 aliphatic carbocycles. The number of aromatic nitrogens is 1. The molecule has 1 heterocycles. The molecule has 0 bridgehead atoms. The predicted molar refractivity (Wildman–Crippen MR) is 59.2 cm³/mol. The van der Waals surface area contributed by atoms with Gasteiger partial charge in [0, 0.05) is 17.8 Å². The van der Waals surface area contributed by atoms with Crippen LogP contribution in [0.15, 0.2) is 18.3 Å². The van der Waals surface area contributed by atoms with Crippen molar-refractivity contribution < 1.29 is 4.79 Å². The predicted octanol–water partition coefficient (Wildman–Crippen LogP) is 2.21. The monoisotopic (exact) mass is 206 g/mol. The molecule has 0 aromatic carbocycles. The van der Waals surface area contributed by atoms with Crippen molar-refractivity contribution >= 4 is 5.91 Å². The van der Waals surface area contributed by atoms with Gasteiger partial charge in [-0.25, -0.2) is 0 Å². The number of carbonyl (C=O) groups excluding carboxylic acids is 1. The number of hydrogen-bond acceptors (Lipinski definition) is 1. The summed E-state index contributed by atoms with van der Waals surface area (Å²) in [4.78, 5) is 14.8. The molecule has 1 amide bonds. The lowest BCUT2D eigenvalue weighted by molar-refractivity contribution is -0.126. The van der Waals surface area contributed by atoms with Crippen molar-refractivity contribution in [3.63, 3.8) is 0 Å². The lowest BCUT2D eigenvalue weighted by Crippen LogP contribution is -2.31. The highest BCUT2D eigenvalue weighted by atomic mass is 16.1. The fraction of sp³-hybridized carbons (Fsp3) is 0.583. The summed E-state index contributed by atoms with van der Waals surface area (Å²) in [5, 5.41) is 2.98. The van der Waals surface area contributed by atoms with E-state index in [1.54, 1.807) is 0 Å². The molecule has 0 saturated heterocycles. The lowest BCUT2D eigenvalue weighted by Gasteiger charge is -2.20. The number of aromatic amines is 1. The molecule has 0 radical (unpaired) electrons. The second kappa shape index (κ2) is 5.01. The van der Waals surface area contributed by atoms with Gasteiger partial charge in [-0.2, -0.15) is 0 Å². The highest BCUT2D eigenvalue weighted by molar-refractivity contribution is 5.78. The van der Waals surface area contributed by atoms with Crippen molar-refractivity contribution in [2.75, 3.05) is 0 Å². The molecule has 1 aromatic rings. The van der Waals surface area contributed by atoms with Gasteiger partial charge in [0.25, 0.3) is 0 Å². The maximum atomic E-state index is 11.8. The van der Waals surface area contributed by atoms with Crippen LogP contribution in [0.2, 0.25) is 0 Å². The van der Waals surface area contributed by atoms with Gasteiger partial charge in [-0.05, 0) is 25.0 Å². The summed E-state index contributed by atoms with van der Waals surface area (Å²) in [6.07, 6.45) is 7.72. The summed E-state index contributed by atoms with van der Waals surface area (Å²) < 4.78 is 0. The van der Waals surface area contributed by atoms with Crippen molar-refractivity contribution in [1.82, 2.24) is 10.3 Å². The number of hydrogen-bond donors (Lipinski definition) is 2. The van der Waals surface area contributed by atoms with E-state index in [9.17, 15) is 4.79 Å². The van der Waals surface area contributed by atoms with Crippen LogP contribution in [0, 0.1) is 5.92 Å². The third-order valence-corrected chi connectivity index (χ3v) is 3.09. The summed E-state index contributed by atoms with van der Waals surface area (Å²) in [5.74, 6) is 0.484. The molecule has 3 nitrogen and oxygen atoms in total. The van der Waals surface area contributed by atoms with Crippen LogP contribution in [0.1, 0.15) is 37.8 Å². The number of amides is 1. The maximum absolute atomic E-state index is 11.8. The van der Waals surface area contributed by atoms with Gasteiger partial charge in [-0.15, -0.1) is 0 Å². The minimum absolute atomic E-state index is 0.226. The van der Waals surface area contributed by atoms with Crippen LogP contribution >= 0.6 is 0 Å². The number of nitrogens with one attached hydrogen (secondary N) is 2. The van der Waals surface area contributed by atoms with Crippen molar-refractivity contribution in [3.05, 3.63) is 24.0 Å². The lowest BCUT2D eigenvalue weighted by atomic mass is 9.89. The summed E-state index contributed by atoms with van der Waals surface area (Å²) in [6.45, 7) is 0.627. The van der Waals surface area contributed by atoms with Crippen LogP contribution in [0.4, 0.5) is 0 Å². The highest BCUT2D eigenvalue weighted by Crippen LogP contribution is 2.23. The number of rotatable bonds is 3. The van der Waals surface area contributed by atoms with Crippen LogP contribution in [0.3, 0.4) is 0 Å². The zero-order valence-corrected chi connectivity index (χ0v) is 8.96. The minimum atomic E-state index is 0.226. The van der Waals surface area contributed by atoms with Crippen LogP contribution < -0.4 is 5.32 Å². The zero-order chi connectivity index (χ0) is 10.5. The number of H-pyrrole nitrogens is 1. The van der Waals surface area contributed by atoms with E-state index in [0.717, 1.165) is 18.5 Å². The topological polar surface area (TPSA) is 44.9 Å². The first-order valence-corrected chi connectivity index (χ1v) is 5.76. The minimum Gasteiger partial charge on any atom is -0.364 e. The Labute approximate surface area is 90.3 Å². The average molecular weight is 206 g/mol. The Balaban J connectivity index is 1.76. The maximum Gasteiger partial charge on any atom is 0.223 e. The zero-order valence-electron chi connectivity index (χ0n) is 8.96. The van der Waals surface area contributed by atoms with Crippen LogP contribution in [-0.4, -0.2) is 10.9 Å². The molecule has 0 spiro atoms. The molecule has 2 N–H and O–H groups in total. The van der Waals surface area contributed by atoms with Crippen molar-refractivity contribution in [2.45, 2.75) is 38.6 Å². The van der Waals surface area contributed by atoms with Gasteiger partial charge in [-0.1, -0.05) is 19.3 Å². The van der Waals surface area contributed by atoms with E-state index in [-0.39, 0.29) is 11.8 Å². The third kappa shape index (κ3) is 2.85. The van der Waals surface area contributed by atoms with Gasteiger partial charge in [0.05, 0.1) is 6.54 Å². The van der Waals surface area contributed by atoms with Gasteiger partial charge in [0.2, 0.25) is 5.91 Å². The summed E-state index contributed by atoms with van der Waals surface area (Å²) in [5.41, 5.74) is 1.07. The average Bonchev–Trinajstić information content (AvgIpc) is 2.80. The quantitative estimate of drug-likeness (QED) is 0.782. The molecule has 1 fully saturated rings. The first-order chi connectivity index (χ1) is 7.36. The SMILES string of the molecule is O=C(NCc1ccc[nH]1)C1CCCCC1. The summed E-state index contributed by atoms with van der Waals surface area (Å²) in [7, 11) is 0. The third-order valence-electron chi connectivity index (χ3n) is 3.09. The van der Waals surface area contributed by atoms with Gasteiger partial charge >= 0.3 is 0 Å². The Morgan fingerprint density at radius 2 is 2.20 bits per heavy atom. The van der Waals surface area contributed by atoms with E-state index in [0.29, 0.717) is 6.54 Å². The van der Waals surface area contributed by atoms with E-state index in [4.69, 9.17) is 0 Å². The number of carbonyl (C=O) groups is 1. The van der Waals surface area contributed by atoms with Gasteiger partial charge in [0.15, 0.2) is 0 Å². The van der Waals surface area contributed by atoms with E-state index in [1.807, 2.05) is 18.3 Å². The molecule has 1 aromatic heterocycles. The summed E-state index contributed by atoms with van der Waals surface area (Å²) in [6, 6.07) is 3.93. The van der Waals surface area contributed by atoms with Crippen LogP contribution in [0.25, 0.3) is 0 Å². The highest BCUT2D eigenvalue weighted by Gasteiger charge is 2.20. The first-order valence-electron chi connectivity index (χ1n) is 5.76. The van der Waals surface area contributed by atoms with Gasteiger partial charge < -0.3 is 10.3 Å². The fourth-order valence-corrected chi connectivity index (χ4v) is 2.17. The van der Waals surface area contributed by atoms with E-state index in [2.05, 4.69) is 10.3 Å². The summed E-state index contributed by atoms with van der Waals surface area (Å²) >= 11 is 0. The molecular formula is C12H18N2O. The fourth-order valence-electron chi connectivity index (χ4n) is 2.17. The first kappa shape index (κ1) is 10.3. The smallest absolute Gasteiger partial charge is 0.223 e. The largest absolute Gasteiger partial charge is 0.364 e. The molecule has 0 aliphatic heterocycles. The Bertz CT molecular complexity index is 299. The molecule has 0 unspecified atom stereocenters. The molecule has 0 atom stereocenters. The van der Waals surface area contributed by atoms with Crippen molar-refractivity contribution in [2.24, 2.45) is 5.92 Å². The Hall–Kier alpha value is -1.25. The van der Waals surface area contributed by atoms with Crippen LogP contribution in [0.5, 0.6) is 0 Å². The molecule has 15 heavy (non-hydrogen) atoms. The second-order valence-electron chi connectivity index (χ2n) is 4.25. The normalized spacial score (nSPS) is 17.6. The van der Waals surface area contributed by atoms with E-state index >= 15 is 0 Å². The van der Waals surface area contributed by atoms with Crippen molar-refractivity contribution in [1.29, 1.82) is 0 Å². The Morgan fingerprint density at radius 3 is 2.87 bits per heavy atom. The molecular weight excluding hydrogens is 188 g/mol. The standard InChI is InChI=1S/C12H18N2O/c15-12(10-5-2-1-3-6-10)14-9-11-7-4-8-13-11/h4,7-8,10,13H,1-3,5-6,9H2,(H,14,15). The van der Waals surface area contributed by atoms with Gasteiger partial charge in [0.1, 0.15) is 0 Å². The molecule has 1 saturated carbocycles. The Kier molecular flexibility index (Phi) is 3.43. The molecule has 1 aliphatic rings. The van der Waals surface area contributed by atoms with E-state index in [1.165, 1.54) is 19.3 Å². The van der Waals surface area contributed by atoms with Gasteiger partial charge in [-0.3, -0.25) is 4.79 Å². The molecule has 82 valence electrons. The molecule has 2 rings (SSSR count). The van der Waals surface area contributed by atoms with Crippen molar-refractivity contribution in [3.8, 4) is 0 Å².